The molecule has 0 nitrogen and oxygen atoms in total. The van der Waals surface area contributed by atoms with E-state index in [0.29, 0.717) is 0 Å². The van der Waals surface area contributed by atoms with E-state index in [9.17, 15) is 0 Å². The Morgan fingerprint density at radius 3 is 2.11 bits per heavy atom. The summed E-state index contributed by atoms with van der Waals surface area (Å²) >= 11 is 0. The van der Waals surface area contributed by atoms with E-state index in [1.165, 1.54) is 7.17 Å². The zero-order valence-electron chi connectivity index (χ0n) is 5.94. The van der Waals surface area contributed by atoms with Crippen LogP contribution in [0.25, 0.3) is 0 Å². The molecule has 0 aromatic rings. The molecule has 0 spiro atoms. The maximum Gasteiger partial charge on any atom is 0.0859 e. The van der Waals surface area contributed by atoms with Crippen LogP contribution in [0, 0.1) is 0 Å². The summed E-state index contributed by atoms with van der Waals surface area (Å²) in [5, 5.41) is 0. The molecule has 0 aromatic heterocycles. The van der Waals surface area contributed by atoms with E-state index < -0.39 is 0 Å². The Kier molecular flexibility index (Phi) is 8.96. The first kappa shape index (κ1) is 12.2. The van der Waals surface area contributed by atoms with Crippen LogP contribution < -0.4 is 0 Å². The molecule has 3 heteroatoms. The standard InChI is InChI=1S/C6H9B2.Zr/c1-5(2)6(3)4-8-7;/h4H,1H2,2-3H3;. The molecule has 0 atom stereocenters. The molecule has 0 amide bonds. The van der Waals surface area contributed by atoms with Crippen molar-refractivity contribution < 1.29 is 26.2 Å². The SMILES string of the molecule is [B][B]C=C(C)C(=C)C.[Zr]. The maximum atomic E-state index is 5.12. The van der Waals surface area contributed by atoms with Crippen molar-refractivity contribution in [3.05, 3.63) is 23.7 Å². The fourth-order valence-corrected chi connectivity index (χ4v) is 0.287. The van der Waals surface area contributed by atoms with Crippen LogP contribution in [0.1, 0.15) is 13.8 Å². The maximum absolute atomic E-state index is 5.12. The molecule has 0 aromatic carbocycles. The topological polar surface area (TPSA) is 0 Å². The van der Waals surface area contributed by atoms with E-state index in [4.69, 9.17) is 7.74 Å². The molecular weight excluding hydrogens is 185 g/mol. The summed E-state index contributed by atoms with van der Waals surface area (Å²) in [4.78, 5) is 0. The quantitative estimate of drug-likeness (QED) is 0.458. The van der Waals surface area contributed by atoms with Crippen LogP contribution >= 0.6 is 0 Å². The van der Waals surface area contributed by atoms with Gasteiger partial charge < -0.3 is 0 Å². The largest absolute Gasteiger partial charge is 0.130 e. The summed E-state index contributed by atoms with van der Waals surface area (Å²) in [6, 6.07) is 0. The first-order chi connectivity index (χ1) is 3.68. The van der Waals surface area contributed by atoms with Gasteiger partial charge in [0.2, 0.25) is 0 Å². The molecule has 0 fully saturated rings. The van der Waals surface area contributed by atoms with Gasteiger partial charge in [-0.2, -0.15) is 0 Å². The summed E-state index contributed by atoms with van der Waals surface area (Å²) < 4.78 is 0. The molecule has 0 heterocycles. The molecule has 43 valence electrons. The third kappa shape index (κ3) is 6.38. The van der Waals surface area contributed by atoms with Gasteiger partial charge in [0.25, 0.3) is 0 Å². The van der Waals surface area contributed by atoms with Crippen molar-refractivity contribution in [1.82, 2.24) is 0 Å². The Labute approximate surface area is 78.6 Å². The Morgan fingerprint density at radius 1 is 1.56 bits per heavy atom. The average molecular weight is 194 g/mol. The van der Waals surface area contributed by atoms with Crippen molar-refractivity contribution in [1.29, 1.82) is 0 Å². The molecule has 0 aliphatic heterocycles. The van der Waals surface area contributed by atoms with Crippen LogP contribution in [-0.2, 0) is 26.2 Å². The number of allylic oxidation sites excluding steroid dienone is 2. The van der Waals surface area contributed by atoms with Gasteiger partial charge in [0.15, 0.2) is 0 Å². The Morgan fingerprint density at radius 2 is 2.00 bits per heavy atom. The zero-order valence-corrected chi connectivity index (χ0v) is 8.40. The summed E-state index contributed by atoms with van der Waals surface area (Å²) in [5.74, 6) is 1.84. The summed E-state index contributed by atoms with van der Waals surface area (Å²) in [6.07, 6.45) is 0. The van der Waals surface area contributed by atoms with E-state index in [1.807, 2.05) is 19.8 Å². The predicted octanol–water partition coefficient (Wildman–Crippen LogP) is 1.25. The van der Waals surface area contributed by atoms with Gasteiger partial charge in [0.1, 0.15) is 0 Å². The molecule has 9 heavy (non-hydrogen) atoms. The molecule has 0 saturated carbocycles. The van der Waals surface area contributed by atoms with Gasteiger partial charge in [-0.3, -0.25) is 0 Å². The molecule has 0 saturated heterocycles. The van der Waals surface area contributed by atoms with E-state index in [1.54, 1.807) is 0 Å². The minimum absolute atomic E-state index is 0. The van der Waals surface area contributed by atoms with Crippen LogP contribution in [-0.4, -0.2) is 14.9 Å². The van der Waals surface area contributed by atoms with Gasteiger partial charge in [0.05, 0.1) is 7.17 Å². The van der Waals surface area contributed by atoms with E-state index in [-0.39, 0.29) is 26.2 Å². The molecule has 0 N–H and O–H groups in total. The van der Waals surface area contributed by atoms with E-state index in [2.05, 4.69) is 6.58 Å². The van der Waals surface area contributed by atoms with Crippen molar-refractivity contribution in [2.75, 3.05) is 0 Å². The number of hydrogen-bond acceptors (Lipinski definition) is 0. The van der Waals surface area contributed by atoms with Crippen molar-refractivity contribution in [2.45, 2.75) is 13.8 Å². The van der Waals surface area contributed by atoms with Crippen molar-refractivity contribution >= 4 is 14.9 Å². The van der Waals surface area contributed by atoms with Crippen molar-refractivity contribution in [3.63, 3.8) is 0 Å². The second kappa shape index (κ2) is 6.61. The second-order valence-electron chi connectivity index (χ2n) is 1.82. The van der Waals surface area contributed by atoms with Crippen LogP contribution in [0.4, 0.5) is 0 Å². The fourth-order valence-electron chi connectivity index (χ4n) is 0.287. The minimum Gasteiger partial charge on any atom is -0.130 e. The Bertz CT molecular complexity index is 118. The van der Waals surface area contributed by atoms with Gasteiger partial charge >= 0.3 is 0 Å². The monoisotopic (exact) mass is 193 g/mol. The van der Waals surface area contributed by atoms with Crippen LogP contribution in [0.2, 0.25) is 0 Å². The molecule has 0 rings (SSSR count). The first-order valence-electron chi connectivity index (χ1n) is 2.56. The second-order valence-corrected chi connectivity index (χ2v) is 1.82. The molecule has 0 unspecified atom stereocenters. The van der Waals surface area contributed by atoms with E-state index in [0.717, 1.165) is 11.1 Å². The van der Waals surface area contributed by atoms with Crippen LogP contribution in [0.15, 0.2) is 23.7 Å². The molecule has 0 bridgehead atoms. The smallest absolute Gasteiger partial charge is 0.0859 e. The van der Waals surface area contributed by atoms with Crippen LogP contribution in [0.5, 0.6) is 0 Å². The third-order valence-corrected chi connectivity index (χ3v) is 1.02. The van der Waals surface area contributed by atoms with Crippen molar-refractivity contribution in [3.8, 4) is 0 Å². The first-order valence-corrected chi connectivity index (χ1v) is 2.56. The van der Waals surface area contributed by atoms with Gasteiger partial charge in [-0.05, 0) is 13.8 Å². The molecule has 3 radical (unpaired) electrons. The Balaban J connectivity index is 0. The van der Waals surface area contributed by atoms with Gasteiger partial charge in [-0.15, -0.1) is 5.98 Å². The Hall–Kier alpha value is 0.493. The summed E-state index contributed by atoms with van der Waals surface area (Å²) in [7, 11) is 6.64. The number of rotatable bonds is 2. The van der Waals surface area contributed by atoms with Crippen LogP contribution in [0.3, 0.4) is 0 Å². The van der Waals surface area contributed by atoms with E-state index >= 15 is 0 Å². The van der Waals surface area contributed by atoms with Gasteiger partial charge in [-0.25, -0.2) is 0 Å². The molecule has 0 aliphatic rings. The van der Waals surface area contributed by atoms with Gasteiger partial charge in [-0.1, -0.05) is 17.7 Å². The van der Waals surface area contributed by atoms with Crippen molar-refractivity contribution in [2.24, 2.45) is 0 Å². The number of hydrogen-bond donors (Lipinski definition) is 0. The third-order valence-electron chi connectivity index (χ3n) is 1.02. The fraction of sp³-hybridized carbons (Fsp3) is 0.333. The summed E-state index contributed by atoms with van der Waals surface area (Å²) in [5.41, 5.74) is 2.19. The average Bonchev–Trinajstić information content (AvgIpc) is 1.67. The minimum atomic E-state index is 0. The normalized spacial score (nSPS) is 9.78. The molecule has 0 aliphatic carbocycles. The molecular formula is C6H9B2Zr. The summed E-state index contributed by atoms with van der Waals surface area (Å²) in [6.45, 7) is 7.66. The zero-order chi connectivity index (χ0) is 6.57. The van der Waals surface area contributed by atoms with Gasteiger partial charge in [0, 0.05) is 33.9 Å². The predicted molar refractivity (Wildman–Crippen MR) is 40.1 cm³/mol.